The Bertz CT molecular complexity index is 1630. The molecule has 0 saturated heterocycles. The maximum Gasteiger partial charge on any atom is 0.307 e. The minimum absolute atomic E-state index is 0.0417. The number of methoxy groups -OCH3 is 1. The predicted molar refractivity (Wildman–Crippen MR) is 157 cm³/mol. The Morgan fingerprint density at radius 1 is 1.13 bits per heavy atom. The molecule has 0 spiro atoms. The number of carboxylic acids is 1. The molecule has 0 amide bonds. The number of fused-ring (bicyclic) bond motifs is 2. The van der Waals surface area contributed by atoms with E-state index in [0.717, 1.165) is 53.9 Å². The first-order chi connectivity index (χ1) is 17.9. The van der Waals surface area contributed by atoms with E-state index < -0.39 is 5.97 Å². The SMILES string of the molecule is COC(C)(C)C.Cc1cc2nc(-c3ccc4c(c3)c(N)nn4C)sc2c(-c2ccc(Cl)cc2)c1CC(=O)O. The third kappa shape index (κ3) is 5.83. The molecule has 0 unspecified atom stereocenters. The molecule has 0 saturated carbocycles. The van der Waals surface area contributed by atoms with E-state index in [1.165, 1.54) is 0 Å². The fourth-order valence-electron chi connectivity index (χ4n) is 4.09. The van der Waals surface area contributed by atoms with Crippen LogP contribution in [-0.2, 0) is 23.0 Å². The van der Waals surface area contributed by atoms with Crippen LogP contribution in [0.25, 0.3) is 42.8 Å². The van der Waals surface area contributed by atoms with Crippen LogP contribution in [0.4, 0.5) is 5.82 Å². The van der Waals surface area contributed by atoms with Crippen LogP contribution in [-0.4, -0.2) is 38.6 Å². The van der Waals surface area contributed by atoms with Crippen LogP contribution in [0.1, 0.15) is 31.9 Å². The molecule has 2 aromatic heterocycles. The molecule has 0 aliphatic rings. The van der Waals surface area contributed by atoms with E-state index in [4.69, 9.17) is 27.1 Å². The number of aryl methyl sites for hydroxylation is 2. The summed E-state index contributed by atoms with van der Waals surface area (Å²) in [5, 5.41) is 16.2. The number of carbonyl (C=O) groups is 1. The Hall–Kier alpha value is -3.46. The Kier molecular flexibility index (Phi) is 7.78. The van der Waals surface area contributed by atoms with Crippen molar-refractivity contribution in [2.75, 3.05) is 12.8 Å². The third-order valence-corrected chi connectivity index (χ3v) is 7.60. The van der Waals surface area contributed by atoms with Gasteiger partial charge >= 0.3 is 5.97 Å². The molecule has 0 radical (unpaired) electrons. The lowest BCUT2D eigenvalue weighted by Gasteiger charge is -2.14. The van der Waals surface area contributed by atoms with Gasteiger partial charge in [-0.25, -0.2) is 4.98 Å². The average molecular weight is 551 g/mol. The van der Waals surface area contributed by atoms with Gasteiger partial charge in [-0.05, 0) is 80.8 Å². The van der Waals surface area contributed by atoms with Gasteiger partial charge in [0.2, 0.25) is 0 Å². The molecule has 3 N–H and O–H groups in total. The van der Waals surface area contributed by atoms with E-state index >= 15 is 0 Å². The van der Waals surface area contributed by atoms with Crippen molar-refractivity contribution in [2.45, 2.75) is 39.7 Å². The van der Waals surface area contributed by atoms with E-state index in [1.807, 2.05) is 83.3 Å². The number of hydrogen-bond acceptors (Lipinski definition) is 6. The number of aliphatic carboxylic acids is 1. The molecule has 0 bridgehead atoms. The van der Waals surface area contributed by atoms with Crippen molar-refractivity contribution >= 4 is 55.8 Å². The van der Waals surface area contributed by atoms with Crippen molar-refractivity contribution in [2.24, 2.45) is 7.05 Å². The number of benzene rings is 3. The van der Waals surface area contributed by atoms with Gasteiger partial charge in [0.05, 0.1) is 27.8 Å². The monoisotopic (exact) mass is 550 g/mol. The first-order valence-corrected chi connectivity index (χ1v) is 13.3. The molecule has 2 heterocycles. The summed E-state index contributed by atoms with van der Waals surface area (Å²) in [7, 11) is 3.57. The Morgan fingerprint density at radius 3 is 2.37 bits per heavy atom. The number of anilines is 1. The number of carboxylic acid groups (broad SMARTS) is 1. The maximum atomic E-state index is 11.6. The second kappa shape index (κ2) is 10.7. The highest BCUT2D eigenvalue weighted by Crippen LogP contribution is 2.41. The number of nitrogens with zero attached hydrogens (tertiary/aromatic N) is 3. The number of hydrogen-bond donors (Lipinski definition) is 2. The van der Waals surface area contributed by atoms with Gasteiger partial charge in [-0.15, -0.1) is 11.3 Å². The number of halogens is 1. The van der Waals surface area contributed by atoms with E-state index in [0.29, 0.717) is 10.8 Å². The number of thiazole rings is 1. The van der Waals surface area contributed by atoms with Gasteiger partial charge in [-0.1, -0.05) is 23.7 Å². The second-order valence-electron chi connectivity index (χ2n) is 10.0. The minimum atomic E-state index is -0.870. The number of aromatic nitrogens is 3. The van der Waals surface area contributed by atoms with Gasteiger partial charge in [0.1, 0.15) is 5.01 Å². The molecular formula is C29H31ClN4O3S. The maximum absolute atomic E-state index is 11.6. The van der Waals surface area contributed by atoms with Crippen LogP contribution in [0.5, 0.6) is 0 Å². The fraction of sp³-hybridized carbons (Fsp3) is 0.276. The molecule has 0 atom stereocenters. The zero-order chi connectivity index (χ0) is 27.8. The zero-order valence-electron chi connectivity index (χ0n) is 22.3. The molecule has 0 aliphatic carbocycles. The predicted octanol–water partition coefficient (Wildman–Crippen LogP) is 7.12. The number of ether oxygens (including phenoxy) is 1. The van der Waals surface area contributed by atoms with Crippen LogP contribution in [0, 0.1) is 6.92 Å². The van der Waals surface area contributed by atoms with E-state index in [1.54, 1.807) is 23.1 Å². The van der Waals surface area contributed by atoms with Gasteiger partial charge in [0, 0.05) is 35.7 Å². The second-order valence-corrected chi connectivity index (χ2v) is 11.5. The van der Waals surface area contributed by atoms with Gasteiger partial charge < -0.3 is 15.6 Å². The zero-order valence-corrected chi connectivity index (χ0v) is 23.9. The molecule has 7 nitrogen and oxygen atoms in total. The van der Waals surface area contributed by atoms with Gasteiger partial charge in [-0.2, -0.15) is 5.10 Å². The first-order valence-electron chi connectivity index (χ1n) is 12.1. The molecule has 0 fully saturated rings. The van der Waals surface area contributed by atoms with Crippen molar-refractivity contribution in [3.05, 3.63) is 64.7 Å². The summed E-state index contributed by atoms with van der Waals surface area (Å²) < 4.78 is 7.64. The smallest absolute Gasteiger partial charge is 0.307 e. The van der Waals surface area contributed by atoms with Crippen molar-refractivity contribution < 1.29 is 14.6 Å². The summed E-state index contributed by atoms with van der Waals surface area (Å²) >= 11 is 7.64. The van der Waals surface area contributed by atoms with Crippen LogP contribution < -0.4 is 5.73 Å². The Morgan fingerprint density at radius 2 is 1.76 bits per heavy atom. The summed E-state index contributed by atoms with van der Waals surface area (Å²) in [4.78, 5) is 16.5. The first kappa shape index (κ1) is 27.6. The standard InChI is InChI=1S/C24H19ClN4O2S.C5H12O/c1-12-9-18-22(21(16(12)11-20(30)31)13-3-6-15(25)7-4-13)32-24(27-18)14-5-8-19-17(10-14)23(26)28-29(19)2;1-5(2,3)6-4/h3-10H,11H2,1-2H3,(H2,26,28)(H,30,31);1-4H3. The summed E-state index contributed by atoms with van der Waals surface area (Å²) in [5.41, 5.74) is 12.3. The number of nitrogens with two attached hydrogens (primary N) is 1. The summed E-state index contributed by atoms with van der Waals surface area (Å²) in [6, 6.07) is 15.4. The third-order valence-electron chi connectivity index (χ3n) is 6.21. The fourth-order valence-corrected chi connectivity index (χ4v) is 5.35. The van der Waals surface area contributed by atoms with Crippen LogP contribution in [0.3, 0.4) is 0 Å². The molecule has 3 aromatic carbocycles. The molecule has 9 heteroatoms. The Labute approximate surface area is 230 Å². The highest BCUT2D eigenvalue weighted by molar-refractivity contribution is 7.22. The van der Waals surface area contributed by atoms with Crippen LogP contribution in [0.15, 0.2) is 48.5 Å². The quantitative estimate of drug-likeness (QED) is 0.247. The molecule has 198 valence electrons. The van der Waals surface area contributed by atoms with Crippen molar-refractivity contribution in [1.82, 2.24) is 14.8 Å². The lowest BCUT2D eigenvalue weighted by Crippen LogP contribution is -2.15. The lowest BCUT2D eigenvalue weighted by atomic mass is 9.93. The van der Waals surface area contributed by atoms with E-state index in [9.17, 15) is 9.90 Å². The van der Waals surface area contributed by atoms with Crippen molar-refractivity contribution in [3.63, 3.8) is 0 Å². The summed E-state index contributed by atoms with van der Waals surface area (Å²) in [6.45, 7) is 7.99. The van der Waals surface area contributed by atoms with Crippen molar-refractivity contribution in [3.8, 4) is 21.7 Å². The lowest BCUT2D eigenvalue weighted by molar-refractivity contribution is -0.136. The highest BCUT2D eigenvalue weighted by Gasteiger charge is 2.20. The largest absolute Gasteiger partial charge is 0.481 e. The molecule has 5 rings (SSSR count). The van der Waals surface area contributed by atoms with Crippen LogP contribution in [0.2, 0.25) is 5.02 Å². The van der Waals surface area contributed by atoms with Gasteiger partial charge in [-0.3, -0.25) is 9.48 Å². The van der Waals surface area contributed by atoms with Crippen LogP contribution >= 0.6 is 22.9 Å². The number of rotatable bonds is 4. The number of nitrogen functional groups attached to an aromatic ring is 1. The van der Waals surface area contributed by atoms with E-state index in [-0.39, 0.29) is 12.0 Å². The Balaban J connectivity index is 0.000000505. The molecule has 38 heavy (non-hydrogen) atoms. The van der Waals surface area contributed by atoms with Gasteiger partial charge in [0.15, 0.2) is 5.82 Å². The summed E-state index contributed by atoms with van der Waals surface area (Å²) in [5.74, 6) is -0.392. The minimum Gasteiger partial charge on any atom is -0.481 e. The van der Waals surface area contributed by atoms with Gasteiger partial charge in [0.25, 0.3) is 0 Å². The molecular weight excluding hydrogens is 520 g/mol. The van der Waals surface area contributed by atoms with Crippen molar-refractivity contribution in [1.29, 1.82) is 0 Å². The summed E-state index contributed by atoms with van der Waals surface area (Å²) in [6.07, 6.45) is -0.0643. The topological polar surface area (TPSA) is 103 Å². The van der Waals surface area contributed by atoms with E-state index in [2.05, 4.69) is 5.10 Å². The molecule has 0 aliphatic heterocycles. The average Bonchev–Trinajstić information content (AvgIpc) is 3.40. The molecule has 5 aromatic rings. The highest BCUT2D eigenvalue weighted by atomic mass is 35.5. The normalized spacial score (nSPS) is 11.6.